The fraction of sp³-hybridized carbons (Fsp3) is 0.226. The summed E-state index contributed by atoms with van der Waals surface area (Å²) in [6.45, 7) is 6.29. The van der Waals surface area contributed by atoms with Gasteiger partial charge in [0.2, 0.25) is 0 Å². The molecule has 5 rings (SSSR count). The van der Waals surface area contributed by atoms with Gasteiger partial charge in [-0.15, -0.1) is 18.3 Å². The number of carbonyl (C=O) groups is 1. The van der Waals surface area contributed by atoms with Crippen molar-refractivity contribution >= 4 is 34.7 Å². The Bertz CT molecular complexity index is 1630. The molecule has 1 saturated heterocycles. The predicted octanol–water partition coefficient (Wildman–Crippen LogP) is 7.52. The molecule has 1 aromatic heterocycles. The van der Waals surface area contributed by atoms with E-state index in [4.69, 9.17) is 0 Å². The Balaban J connectivity index is 1.21. The first-order chi connectivity index (χ1) is 20.6. The molecule has 1 atom stereocenters. The Morgan fingerprint density at radius 3 is 2.44 bits per heavy atom. The van der Waals surface area contributed by atoms with Crippen LogP contribution in [-0.2, 0) is 0 Å². The third-order valence-corrected chi connectivity index (χ3v) is 7.76. The van der Waals surface area contributed by atoms with Gasteiger partial charge in [0.15, 0.2) is 11.0 Å². The molecule has 1 N–H and O–H groups in total. The smallest absolute Gasteiger partial charge is 0.406 e. The molecule has 1 aliphatic rings. The van der Waals surface area contributed by atoms with Crippen molar-refractivity contribution in [2.45, 2.75) is 39.6 Å². The zero-order valence-corrected chi connectivity index (χ0v) is 24.5. The first-order valence-electron chi connectivity index (χ1n) is 13.5. The molecule has 4 aromatic rings. The van der Waals surface area contributed by atoms with Crippen LogP contribution in [0.25, 0.3) is 23.2 Å². The number of para-hydroxylation sites is 1. The van der Waals surface area contributed by atoms with E-state index in [2.05, 4.69) is 62.9 Å². The van der Waals surface area contributed by atoms with E-state index >= 15 is 0 Å². The third-order valence-electron chi connectivity index (χ3n) is 6.77. The van der Waals surface area contributed by atoms with Crippen molar-refractivity contribution in [1.82, 2.24) is 20.1 Å². The molecule has 2 amide bonds. The Labute approximate surface area is 251 Å². The number of carbonyl (C=O) groups excluding carboxylic acids is 1. The van der Waals surface area contributed by atoms with Crippen molar-refractivity contribution in [3.05, 3.63) is 95.9 Å². The van der Waals surface area contributed by atoms with Gasteiger partial charge >= 0.3 is 12.4 Å². The summed E-state index contributed by atoms with van der Waals surface area (Å²) in [5.74, 6) is 1.03. The zero-order chi connectivity index (χ0) is 30.6. The fourth-order valence-electron chi connectivity index (χ4n) is 4.69. The van der Waals surface area contributed by atoms with Gasteiger partial charge in [-0.3, -0.25) is 0 Å². The summed E-state index contributed by atoms with van der Waals surface area (Å²) in [5.41, 5.74) is 5.50. The summed E-state index contributed by atoms with van der Waals surface area (Å²) in [6, 6.07) is 18.7. The lowest BCUT2D eigenvalue weighted by molar-refractivity contribution is -0.274. The molecule has 0 aliphatic carbocycles. The number of urea groups is 1. The second-order valence-corrected chi connectivity index (χ2v) is 11.0. The highest BCUT2D eigenvalue weighted by Gasteiger charge is 2.31. The molecule has 0 saturated carbocycles. The van der Waals surface area contributed by atoms with Crippen molar-refractivity contribution < 1.29 is 22.7 Å². The van der Waals surface area contributed by atoms with Gasteiger partial charge in [0, 0.05) is 29.2 Å². The van der Waals surface area contributed by atoms with Crippen molar-refractivity contribution in [2.24, 2.45) is 4.99 Å². The van der Waals surface area contributed by atoms with Crippen LogP contribution in [0.15, 0.2) is 84.2 Å². The molecular weight excluding hydrogens is 577 g/mol. The molecule has 12 heteroatoms. The van der Waals surface area contributed by atoms with Crippen molar-refractivity contribution in [3.63, 3.8) is 0 Å². The Morgan fingerprint density at radius 1 is 1.07 bits per heavy atom. The van der Waals surface area contributed by atoms with Gasteiger partial charge in [-0.05, 0) is 74.2 Å². The maximum absolute atomic E-state index is 12.7. The first kappa shape index (κ1) is 29.9. The van der Waals surface area contributed by atoms with Gasteiger partial charge in [-0.2, -0.15) is 4.99 Å². The molecule has 0 radical (unpaired) electrons. The summed E-state index contributed by atoms with van der Waals surface area (Å²) < 4.78 is 42.6. The van der Waals surface area contributed by atoms with E-state index in [1.807, 2.05) is 30.3 Å². The van der Waals surface area contributed by atoms with E-state index in [0.29, 0.717) is 16.7 Å². The monoisotopic (exact) mass is 606 g/mol. The molecule has 43 heavy (non-hydrogen) atoms. The van der Waals surface area contributed by atoms with Crippen LogP contribution < -0.4 is 15.0 Å². The quantitative estimate of drug-likeness (QED) is 0.245. The van der Waals surface area contributed by atoms with Gasteiger partial charge < -0.3 is 15.0 Å². The second-order valence-electron chi connectivity index (χ2n) is 9.95. The number of nitrogens with one attached hydrogen (secondary N) is 1. The molecule has 1 aliphatic heterocycles. The van der Waals surface area contributed by atoms with Gasteiger partial charge in [0.25, 0.3) is 0 Å². The topological polar surface area (TPSA) is 84.6 Å². The number of benzene rings is 3. The van der Waals surface area contributed by atoms with E-state index < -0.39 is 12.4 Å². The Kier molecular flexibility index (Phi) is 8.86. The Morgan fingerprint density at radius 2 is 1.77 bits per heavy atom. The predicted molar refractivity (Wildman–Crippen MR) is 163 cm³/mol. The molecule has 0 bridgehead atoms. The highest BCUT2D eigenvalue weighted by molar-refractivity contribution is 8.14. The lowest BCUT2D eigenvalue weighted by atomic mass is 10.1. The number of nitrogens with zero attached hydrogens (tertiary/aromatic N) is 5. The van der Waals surface area contributed by atoms with E-state index in [-0.39, 0.29) is 11.8 Å². The minimum Gasteiger partial charge on any atom is -0.406 e. The number of ether oxygens (including phenoxy) is 1. The van der Waals surface area contributed by atoms with Crippen LogP contribution in [0, 0.1) is 13.8 Å². The molecule has 0 spiro atoms. The minimum absolute atomic E-state index is 0.223. The summed E-state index contributed by atoms with van der Waals surface area (Å²) in [4.78, 5) is 23.6. The largest absolute Gasteiger partial charge is 0.573 e. The van der Waals surface area contributed by atoms with Crippen molar-refractivity contribution in [2.75, 3.05) is 10.7 Å². The number of alkyl halides is 3. The molecule has 2 heterocycles. The number of aryl methyl sites for hydroxylation is 2. The molecule has 3 aromatic carbocycles. The number of amidine groups is 1. The molecule has 8 nitrogen and oxygen atoms in total. The van der Waals surface area contributed by atoms with Gasteiger partial charge in [0.1, 0.15) is 12.1 Å². The molecule has 1 unspecified atom stereocenters. The van der Waals surface area contributed by atoms with Crippen molar-refractivity contribution in [3.8, 4) is 22.8 Å². The number of hydrogen-bond donors (Lipinski definition) is 1. The van der Waals surface area contributed by atoms with Crippen LogP contribution in [0.1, 0.15) is 30.0 Å². The average Bonchev–Trinajstić information content (AvgIpc) is 3.45. The number of amides is 2. The number of thioether (sulfide) groups is 1. The second kappa shape index (κ2) is 12.7. The van der Waals surface area contributed by atoms with Gasteiger partial charge in [0.05, 0.1) is 5.69 Å². The lowest BCUT2D eigenvalue weighted by Gasteiger charge is -2.37. The van der Waals surface area contributed by atoms with Crippen LogP contribution >= 0.6 is 11.8 Å². The maximum Gasteiger partial charge on any atom is 0.573 e. The van der Waals surface area contributed by atoms with Crippen LogP contribution in [-0.4, -0.2) is 44.1 Å². The van der Waals surface area contributed by atoms with Crippen molar-refractivity contribution in [1.29, 1.82) is 0 Å². The van der Waals surface area contributed by atoms with Crippen LogP contribution in [0.5, 0.6) is 5.75 Å². The van der Waals surface area contributed by atoms with Crippen LogP contribution in [0.4, 0.5) is 23.7 Å². The SMILES string of the molecule is Cc1cccc(C)c1N1C(=NC(=O)N/C=C/c2ccc(-c3ncn(-c4ccc(OC(F)(F)F)cc4)n3)cc2)SCCC1C. The number of anilines is 1. The number of aliphatic imine (C=N–C) groups is 1. The standard InChI is InChI=1S/C31H29F3N6O2S/c1-20-5-4-6-21(2)27(20)40-22(3)16-18-43-30(40)37-29(41)35-17-15-23-7-9-24(10-8-23)28-36-19-39(38-28)25-11-13-26(14-12-25)42-31(32,33)34/h4-15,17,19,22H,16,18H2,1-3H3,(H,35,41)/b17-15+,37-30?. The van der Waals surface area contributed by atoms with E-state index in [9.17, 15) is 18.0 Å². The molecule has 1 fully saturated rings. The fourth-order valence-corrected chi connectivity index (χ4v) is 5.89. The molecular formula is C31H29F3N6O2S. The number of halogens is 3. The zero-order valence-electron chi connectivity index (χ0n) is 23.7. The number of rotatable bonds is 6. The van der Waals surface area contributed by atoms with E-state index in [0.717, 1.165) is 40.1 Å². The lowest BCUT2D eigenvalue weighted by Crippen LogP contribution is -2.42. The summed E-state index contributed by atoms with van der Waals surface area (Å²) in [6.07, 6.45) is 1.05. The summed E-state index contributed by atoms with van der Waals surface area (Å²) >= 11 is 1.58. The maximum atomic E-state index is 12.7. The van der Waals surface area contributed by atoms with E-state index in [1.165, 1.54) is 35.3 Å². The highest BCUT2D eigenvalue weighted by Crippen LogP contribution is 2.34. The minimum atomic E-state index is -4.75. The normalized spacial score (nSPS) is 16.6. The summed E-state index contributed by atoms with van der Waals surface area (Å²) in [7, 11) is 0. The number of aromatic nitrogens is 3. The van der Waals surface area contributed by atoms with Gasteiger partial charge in [-0.25, -0.2) is 14.5 Å². The van der Waals surface area contributed by atoms with Gasteiger partial charge in [-0.1, -0.05) is 54.2 Å². The van der Waals surface area contributed by atoms with Crippen LogP contribution in [0.2, 0.25) is 0 Å². The van der Waals surface area contributed by atoms with Crippen LogP contribution in [0.3, 0.4) is 0 Å². The molecule has 222 valence electrons. The first-order valence-corrected chi connectivity index (χ1v) is 14.5. The average molecular weight is 607 g/mol. The Hall–Kier alpha value is -4.58. The summed E-state index contributed by atoms with van der Waals surface area (Å²) in [5, 5.41) is 7.83. The number of hydrogen-bond acceptors (Lipinski definition) is 5. The highest BCUT2D eigenvalue weighted by atomic mass is 32.2. The van der Waals surface area contributed by atoms with E-state index in [1.54, 1.807) is 24.0 Å². The third kappa shape index (κ3) is 7.44.